The van der Waals surface area contributed by atoms with Crippen LogP contribution in [-0.2, 0) is 11.3 Å². The van der Waals surface area contributed by atoms with E-state index in [4.69, 9.17) is 33.7 Å². The van der Waals surface area contributed by atoms with Crippen LogP contribution in [0.5, 0.6) is 0 Å². The lowest BCUT2D eigenvalue weighted by atomic mass is 10.2. The van der Waals surface area contributed by atoms with Crippen LogP contribution in [0.3, 0.4) is 0 Å². The summed E-state index contributed by atoms with van der Waals surface area (Å²) >= 11 is 12.0. The third-order valence-corrected chi connectivity index (χ3v) is 3.86. The molecular formula is C18H18Cl2N2O2. The van der Waals surface area contributed by atoms with Crippen molar-refractivity contribution < 1.29 is 9.53 Å². The van der Waals surface area contributed by atoms with E-state index < -0.39 is 6.09 Å². The number of hydrogen-bond acceptors (Lipinski definition) is 3. The number of hydrogen-bond donors (Lipinski definition) is 2. The van der Waals surface area contributed by atoms with Crippen LogP contribution < -0.4 is 11.1 Å². The number of nitrogens with two attached hydrogens (primary N) is 1. The van der Waals surface area contributed by atoms with E-state index in [2.05, 4.69) is 5.32 Å². The molecule has 2 aromatic carbocycles. The van der Waals surface area contributed by atoms with Gasteiger partial charge in [0.05, 0.1) is 10.7 Å². The fourth-order valence-corrected chi connectivity index (χ4v) is 2.35. The van der Waals surface area contributed by atoms with Crippen LogP contribution in [0.15, 0.2) is 48.5 Å². The van der Waals surface area contributed by atoms with Crippen LogP contribution in [-0.4, -0.2) is 12.6 Å². The summed E-state index contributed by atoms with van der Waals surface area (Å²) in [5, 5.41) is 3.67. The molecule has 0 aliphatic rings. The van der Waals surface area contributed by atoms with Gasteiger partial charge in [-0.25, -0.2) is 4.79 Å². The molecule has 24 heavy (non-hydrogen) atoms. The van der Waals surface area contributed by atoms with E-state index in [1.54, 1.807) is 12.1 Å². The highest BCUT2D eigenvalue weighted by Gasteiger charge is 2.03. The number of amides is 1. The zero-order chi connectivity index (χ0) is 17.4. The van der Waals surface area contributed by atoms with Crippen molar-refractivity contribution in [2.24, 2.45) is 0 Å². The minimum absolute atomic E-state index is 0.252. The quantitative estimate of drug-likeness (QED) is 0.565. The molecule has 0 aliphatic carbocycles. The highest BCUT2D eigenvalue weighted by molar-refractivity contribution is 6.36. The van der Waals surface area contributed by atoms with Gasteiger partial charge in [-0.2, -0.15) is 0 Å². The summed E-state index contributed by atoms with van der Waals surface area (Å²) in [6, 6.07) is 12.8. The molecule has 0 fully saturated rings. The zero-order valence-electron chi connectivity index (χ0n) is 13.0. The van der Waals surface area contributed by atoms with Gasteiger partial charge in [-0.3, -0.25) is 0 Å². The van der Waals surface area contributed by atoms with Crippen molar-refractivity contribution in [2.75, 3.05) is 12.3 Å². The molecule has 0 atom stereocenters. The molecule has 0 heterocycles. The fraction of sp³-hybridized carbons (Fsp3) is 0.167. The summed E-state index contributed by atoms with van der Waals surface area (Å²) in [5.41, 5.74) is 7.84. The average Bonchev–Trinajstić information content (AvgIpc) is 2.58. The first-order valence-corrected chi connectivity index (χ1v) is 8.17. The van der Waals surface area contributed by atoms with E-state index in [1.165, 1.54) is 0 Å². The van der Waals surface area contributed by atoms with E-state index in [-0.39, 0.29) is 6.61 Å². The lowest BCUT2D eigenvalue weighted by molar-refractivity contribution is 0.140. The topological polar surface area (TPSA) is 64.3 Å². The van der Waals surface area contributed by atoms with Gasteiger partial charge >= 0.3 is 6.09 Å². The van der Waals surface area contributed by atoms with Crippen LogP contribution in [0.25, 0.3) is 6.08 Å². The van der Waals surface area contributed by atoms with Crippen LogP contribution >= 0.6 is 23.2 Å². The Morgan fingerprint density at radius 3 is 2.67 bits per heavy atom. The number of benzene rings is 2. The molecule has 0 saturated carbocycles. The molecule has 0 radical (unpaired) electrons. The van der Waals surface area contributed by atoms with Crippen molar-refractivity contribution in [2.45, 2.75) is 13.0 Å². The predicted octanol–water partition coefficient (Wildman–Crippen LogP) is 4.91. The van der Waals surface area contributed by atoms with Gasteiger partial charge in [-0.1, -0.05) is 65.7 Å². The van der Waals surface area contributed by atoms with E-state index >= 15 is 0 Å². The number of rotatable bonds is 6. The van der Waals surface area contributed by atoms with Crippen molar-refractivity contribution in [1.29, 1.82) is 0 Å². The summed E-state index contributed by atoms with van der Waals surface area (Å²) in [6.07, 6.45) is 3.93. The standard InChI is InChI=1S/C18H18Cl2N2O2/c19-15-11-17(21)16(20)10-14(15)8-4-5-9-22-18(23)24-12-13-6-2-1-3-7-13/h1-4,6-8,10-11H,5,9,12,21H2,(H,22,23). The molecule has 0 unspecified atom stereocenters. The van der Waals surface area contributed by atoms with E-state index in [0.717, 1.165) is 11.1 Å². The number of anilines is 1. The van der Waals surface area contributed by atoms with E-state index in [0.29, 0.717) is 28.7 Å². The number of carbonyl (C=O) groups excluding carboxylic acids is 1. The second kappa shape index (κ2) is 9.21. The van der Waals surface area contributed by atoms with Gasteiger partial charge in [0.1, 0.15) is 6.61 Å². The molecule has 0 aliphatic heterocycles. The van der Waals surface area contributed by atoms with E-state index in [9.17, 15) is 4.79 Å². The first-order chi connectivity index (χ1) is 11.6. The minimum Gasteiger partial charge on any atom is -0.445 e. The largest absolute Gasteiger partial charge is 0.445 e. The Labute approximate surface area is 151 Å². The molecule has 0 aromatic heterocycles. The van der Waals surface area contributed by atoms with Crippen molar-refractivity contribution >= 4 is 41.1 Å². The Morgan fingerprint density at radius 2 is 1.92 bits per heavy atom. The molecule has 1 amide bonds. The summed E-state index contributed by atoms with van der Waals surface area (Å²) < 4.78 is 5.11. The monoisotopic (exact) mass is 364 g/mol. The Hall–Kier alpha value is -2.17. The summed E-state index contributed by atoms with van der Waals surface area (Å²) in [5.74, 6) is 0. The number of nitrogen functional groups attached to an aromatic ring is 1. The van der Waals surface area contributed by atoms with Gasteiger partial charge in [0.25, 0.3) is 0 Å². The summed E-state index contributed by atoms with van der Waals surface area (Å²) in [4.78, 5) is 11.6. The van der Waals surface area contributed by atoms with Gasteiger partial charge < -0.3 is 15.8 Å². The maximum absolute atomic E-state index is 11.6. The van der Waals surface area contributed by atoms with Crippen LogP contribution in [0.4, 0.5) is 10.5 Å². The van der Waals surface area contributed by atoms with Gasteiger partial charge in [0, 0.05) is 11.6 Å². The molecule has 4 nitrogen and oxygen atoms in total. The second-order valence-electron chi connectivity index (χ2n) is 5.07. The molecule has 0 saturated heterocycles. The van der Waals surface area contributed by atoms with Gasteiger partial charge in [0.15, 0.2) is 0 Å². The fourth-order valence-electron chi connectivity index (χ4n) is 1.95. The summed E-state index contributed by atoms with van der Waals surface area (Å²) in [6.45, 7) is 0.715. The molecular weight excluding hydrogens is 347 g/mol. The first-order valence-electron chi connectivity index (χ1n) is 7.42. The Bertz CT molecular complexity index is 718. The lowest BCUT2D eigenvalue weighted by Crippen LogP contribution is -2.24. The lowest BCUT2D eigenvalue weighted by Gasteiger charge is -2.06. The smallest absolute Gasteiger partial charge is 0.407 e. The molecule has 2 rings (SSSR count). The maximum atomic E-state index is 11.6. The molecule has 2 aromatic rings. The summed E-state index contributed by atoms with van der Waals surface area (Å²) in [7, 11) is 0. The van der Waals surface area contributed by atoms with Crippen molar-refractivity contribution in [3.8, 4) is 0 Å². The number of carbonyl (C=O) groups is 1. The molecule has 3 N–H and O–H groups in total. The van der Waals surface area contributed by atoms with Gasteiger partial charge in [-0.05, 0) is 29.7 Å². The Kier molecular flexibility index (Phi) is 6.97. The van der Waals surface area contributed by atoms with Crippen molar-refractivity contribution in [3.05, 3.63) is 69.7 Å². The highest BCUT2D eigenvalue weighted by atomic mass is 35.5. The van der Waals surface area contributed by atoms with Gasteiger partial charge in [0.2, 0.25) is 0 Å². The molecule has 6 heteroatoms. The second-order valence-corrected chi connectivity index (χ2v) is 5.89. The number of alkyl carbamates (subject to hydrolysis) is 1. The zero-order valence-corrected chi connectivity index (χ0v) is 14.5. The predicted molar refractivity (Wildman–Crippen MR) is 99.2 cm³/mol. The Morgan fingerprint density at radius 1 is 1.17 bits per heavy atom. The third kappa shape index (κ3) is 5.80. The SMILES string of the molecule is Nc1cc(Cl)c(C=CCCNC(=O)OCc2ccccc2)cc1Cl. The normalized spacial score (nSPS) is 10.8. The number of nitrogens with one attached hydrogen (secondary N) is 1. The number of halogens is 2. The molecule has 0 bridgehead atoms. The van der Waals surface area contributed by atoms with Crippen molar-refractivity contribution in [3.63, 3.8) is 0 Å². The van der Waals surface area contributed by atoms with Crippen LogP contribution in [0, 0.1) is 0 Å². The number of ether oxygens (including phenoxy) is 1. The third-order valence-electron chi connectivity index (χ3n) is 3.21. The maximum Gasteiger partial charge on any atom is 0.407 e. The van der Waals surface area contributed by atoms with Crippen molar-refractivity contribution in [1.82, 2.24) is 5.32 Å². The molecule has 0 spiro atoms. The van der Waals surface area contributed by atoms with Crippen LogP contribution in [0.1, 0.15) is 17.5 Å². The van der Waals surface area contributed by atoms with E-state index in [1.807, 2.05) is 42.5 Å². The first kappa shape index (κ1) is 18.2. The van der Waals surface area contributed by atoms with Gasteiger partial charge in [-0.15, -0.1) is 0 Å². The Balaban J connectivity index is 1.70. The highest BCUT2D eigenvalue weighted by Crippen LogP contribution is 2.27. The molecule has 126 valence electrons. The minimum atomic E-state index is -0.444. The average molecular weight is 365 g/mol. The van der Waals surface area contributed by atoms with Crippen LogP contribution in [0.2, 0.25) is 10.0 Å².